The average molecular weight is 1120 g/mol. The largest absolute Gasteiger partial charge is 0.472 e. The molecule has 0 rings (SSSR count). The molecule has 79 heavy (non-hydrogen) atoms. The van der Waals surface area contributed by atoms with Crippen molar-refractivity contribution in [3.63, 3.8) is 0 Å². The lowest BCUT2D eigenvalue weighted by Gasteiger charge is -2.19. The fourth-order valence-corrected chi connectivity index (χ4v) is 8.87. The highest BCUT2D eigenvalue weighted by molar-refractivity contribution is 7.47. The molecule has 9 nitrogen and oxygen atoms in total. The van der Waals surface area contributed by atoms with Gasteiger partial charge in [-0.15, -0.1) is 0 Å². The summed E-state index contributed by atoms with van der Waals surface area (Å²) in [6.07, 6.45) is 90.5. The fourth-order valence-electron chi connectivity index (χ4n) is 8.11. The highest BCUT2D eigenvalue weighted by Gasteiger charge is 2.26. The molecule has 448 valence electrons. The van der Waals surface area contributed by atoms with E-state index in [1.807, 2.05) is 0 Å². The van der Waals surface area contributed by atoms with E-state index in [-0.39, 0.29) is 32.6 Å². The Kier molecular flexibility index (Phi) is 59.8. The quantitative estimate of drug-likeness (QED) is 0.0264. The molecule has 0 aromatic rings. The number of ether oxygens (including phenoxy) is 2. The lowest BCUT2D eigenvalue weighted by atomic mass is 10.1. The first-order chi connectivity index (χ1) is 38.8. The van der Waals surface area contributed by atoms with E-state index in [1.165, 1.54) is 83.5 Å². The van der Waals surface area contributed by atoms with Gasteiger partial charge in [0.05, 0.1) is 13.2 Å². The molecule has 10 heteroatoms. The maximum atomic E-state index is 12.7. The maximum absolute atomic E-state index is 12.7. The lowest BCUT2D eigenvalue weighted by Crippen LogP contribution is -2.29. The van der Waals surface area contributed by atoms with Crippen LogP contribution in [-0.4, -0.2) is 49.3 Å². The minimum atomic E-state index is -4.40. The van der Waals surface area contributed by atoms with Crippen LogP contribution < -0.4 is 5.73 Å². The SMILES string of the molecule is CC/C=C\C/C=C\C/C=C\C/C=C\C/C=C\C/C=C\C/C=C\C/C=C\C/C=C\C/C=C\CCCCCCCCCCC(=O)OC(COC(=O)CCCCCCCCCCC/C=C\C/C=C\CCCCC)COP(=O)(O)OCCN. The Morgan fingerprint density at radius 3 is 1.04 bits per heavy atom. The highest BCUT2D eigenvalue weighted by atomic mass is 31.2. The van der Waals surface area contributed by atoms with E-state index < -0.39 is 32.5 Å². The Balaban J connectivity index is 4.01. The maximum Gasteiger partial charge on any atom is 0.472 e. The second-order valence-electron chi connectivity index (χ2n) is 20.2. The van der Waals surface area contributed by atoms with Gasteiger partial charge in [0.25, 0.3) is 0 Å². The van der Waals surface area contributed by atoms with E-state index in [9.17, 15) is 19.0 Å². The van der Waals surface area contributed by atoms with E-state index in [2.05, 4.69) is 160 Å². The van der Waals surface area contributed by atoms with Gasteiger partial charge in [0, 0.05) is 19.4 Å². The zero-order valence-electron chi connectivity index (χ0n) is 50.0. The first-order valence-electron chi connectivity index (χ1n) is 31.3. The Morgan fingerprint density at radius 1 is 0.392 bits per heavy atom. The predicted octanol–water partition coefficient (Wildman–Crippen LogP) is 20.3. The first kappa shape index (κ1) is 74.9. The third kappa shape index (κ3) is 62.9. The summed E-state index contributed by atoms with van der Waals surface area (Å²) in [7, 11) is -4.40. The second kappa shape index (κ2) is 63.1. The van der Waals surface area contributed by atoms with Crippen molar-refractivity contribution in [2.24, 2.45) is 5.73 Å². The topological polar surface area (TPSA) is 134 Å². The third-order valence-electron chi connectivity index (χ3n) is 12.7. The van der Waals surface area contributed by atoms with Crippen LogP contribution in [0.15, 0.2) is 146 Å². The van der Waals surface area contributed by atoms with Gasteiger partial charge in [-0.2, -0.15) is 0 Å². The summed E-state index contributed by atoms with van der Waals surface area (Å²) in [5.41, 5.74) is 5.38. The van der Waals surface area contributed by atoms with Gasteiger partial charge in [0.1, 0.15) is 6.61 Å². The van der Waals surface area contributed by atoms with Crippen molar-refractivity contribution < 1.29 is 37.6 Å². The van der Waals surface area contributed by atoms with Gasteiger partial charge in [-0.25, -0.2) is 4.57 Å². The van der Waals surface area contributed by atoms with Crippen LogP contribution in [0.5, 0.6) is 0 Å². The number of phosphoric acid groups is 1. The number of rotatable bonds is 57. The van der Waals surface area contributed by atoms with Crippen LogP contribution >= 0.6 is 7.82 Å². The molecule has 0 bridgehead atoms. The number of carbonyl (C=O) groups is 2. The molecule has 0 aliphatic heterocycles. The number of allylic oxidation sites excluding steroid dienone is 24. The number of unbranched alkanes of at least 4 members (excludes halogenated alkanes) is 20. The van der Waals surface area contributed by atoms with Crippen LogP contribution in [0.25, 0.3) is 0 Å². The van der Waals surface area contributed by atoms with Gasteiger partial charge in [0.2, 0.25) is 0 Å². The number of hydrogen-bond donors (Lipinski definition) is 2. The summed E-state index contributed by atoms with van der Waals surface area (Å²) >= 11 is 0. The summed E-state index contributed by atoms with van der Waals surface area (Å²) in [6.45, 7) is 3.58. The van der Waals surface area contributed by atoms with Gasteiger partial charge in [-0.1, -0.05) is 256 Å². The van der Waals surface area contributed by atoms with Crippen molar-refractivity contribution in [1.29, 1.82) is 0 Å². The smallest absolute Gasteiger partial charge is 0.462 e. The summed E-state index contributed by atoms with van der Waals surface area (Å²) in [4.78, 5) is 35.2. The molecule has 0 aromatic carbocycles. The molecule has 0 heterocycles. The molecule has 2 unspecified atom stereocenters. The average Bonchev–Trinajstić information content (AvgIpc) is 3.44. The van der Waals surface area contributed by atoms with Crippen LogP contribution in [-0.2, 0) is 32.7 Å². The van der Waals surface area contributed by atoms with E-state index in [4.69, 9.17) is 24.3 Å². The molecule has 0 amide bonds. The fraction of sp³-hybridized carbons (Fsp3) is 0.623. The van der Waals surface area contributed by atoms with Gasteiger partial charge in [-0.3, -0.25) is 18.6 Å². The number of carbonyl (C=O) groups excluding carboxylic acids is 2. The molecule has 3 N–H and O–H groups in total. The van der Waals surface area contributed by atoms with Gasteiger partial charge in [0.15, 0.2) is 6.10 Å². The monoisotopic (exact) mass is 1120 g/mol. The lowest BCUT2D eigenvalue weighted by molar-refractivity contribution is -0.161. The summed E-state index contributed by atoms with van der Waals surface area (Å²) in [5.74, 6) is -0.849. The van der Waals surface area contributed by atoms with Crippen LogP contribution in [0.4, 0.5) is 0 Å². The molecule has 0 saturated carbocycles. The Labute approximate surface area is 484 Å². The number of phosphoric ester groups is 1. The minimum Gasteiger partial charge on any atom is -0.462 e. The van der Waals surface area contributed by atoms with Crippen molar-refractivity contribution in [2.45, 2.75) is 251 Å². The summed E-state index contributed by atoms with van der Waals surface area (Å²) in [6, 6.07) is 0. The van der Waals surface area contributed by atoms with Crippen molar-refractivity contribution in [1.82, 2.24) is 0 Å². The zero-order valence-corrected chi connectivity index (χ0v) is 50.9. The standard InChI is InChI=1S/C69H114NO8P/c1-3-5-7-9-11-13-15-17-19-21-23-24-25-26-27-28-29-30-31-32-33-34-35-36-37-38-39-40-41-42-44-46-48-50-52-54-56-58-60-62-69(72)78-67(66-77-79(73,74)76-64-63-70)65-75-68(71)61-59-57-55-53-51-49-47-45-43-22-20-18-16-14-12-10-8-6-4-2/h5,7,11-14,17-20,23-24,26-27,29-30,32-33,35-36,38-39,41-42,67H,3-4,6,8-10,15-16,21-22,25,28,31,34,37,40,43-66,70H2,1-2H3,(H,73,74)/b7-5-,13-11-,14-12-,19-17-,20-18-,24-23-,27-26-,30-29-,33-32-,36-35-,39-38-,42-41-. The molecular formula is C69H114NO8P. The Hall–Kier alpha value is -4.11. The van der Waals surface area contributed by atoms with E-state index >= 15 is 0 Å². The Morgan fingerprint density at radius 2 is 0.696 bits per heavy atom. The van der Waals surface area contributed by atoms with E-state index in [1.54, 1.807) is 0 Å². The molecule has 0 spiro atoms. The zero-order chi connectivity index (χ0) is 57.3. The molecule has 0 radical (unpaired) electrons. The van der Waals surface area contributed by atoms with E-state index in [0.717, 1.165) is 128 Å². The molecule has 0 aliphatic rings. The molecule has 0 aliphatic carbocycles. The van der Waals surface area contributed by atoms with Crippen LogP contribution in [0.2, 0.25) is 0 Å². The molecule has 0 saturated heterocycles. The normalized spacial score (nSPS) is 14.0. The van der Waals surface area contributed by atoms with Gasteiger partial charge >= 0.3 is 19.8 Å². The van der Waals surface area contributed by atoms with Gasteiger partial charge < -0.3 is 20.1 Å². The van der Waals surface area contributed by atoms with Crippen molar-refractivity contribution in [3.8, 4) is 0 Å². The van der Waals surface area contributed by atoms with Crippen molar-refractivity contribution >= 4 is 19.8 Å². The van der Waals surface area contributed by atoms with Gasteiger partial charge in [-0.05, 0) is 122 Å². The predicted molar refractivity (Wildman–Crippen MR) is 339 cm³/mol. The van der Waals surface area contributed by atoms with Crippen LogP contribution in [0.1, 0.15) is 245 Å². The molecular weight excluding hydrogens is 1000 g/mol. The summed E-state index contributed by atoms with van der Waals surface area (Å²) < 4.78 is 33.0. The Bertz CT molecular complexity index is 1800. The second-order valence-corrected chi connectivity index (χ2v) is 21.6. The first-order valence-corrected chi connectivity index (χ1v) is 32.8. The molecule has 2 atom stereocenters. The minimum absolute atomic E-state index is 0.0445. The molecule has 0 fully saturated rings. The number of nitrogens with two attached hydrogens (primary N) is 1. The third-order valence-corrected chi connectivity index (χ3v) is 13.7. The van der Waals surface area contributed by atoms with Crippen LogP contribution in [0.3, 0.4) is 0 Å². The van der Waals surface area contributed by atoms with Crippen molar-refractivity contribution in [3.05, 3.63) is 146 Å². The molecule has 0 aromatic heterocycles. The summed E-state index contributed by atoms with van der Waals surface area (Å²) in [5, 5.41) is 0. The number of hydrogen-bond acceptors (Lipinski definition) is 8. The van der Waals surface area contributed by atoms with Crippen molar-refractivity contribution in [2.75, 3.05) is 26.4 Å². The highest BCUT2D eigenvalue weighted by Crippen LogP contribution is 2.43. The van der Waals surface area contributed by atoms with Crippen LogP contribution in [0, 0.1) is 0 Å². The van der Waals surface area contributed by atoms with E-state index in [0.29, 0.717) is 6.42 Å². The number of esters is 2.